The maximum absolute atomic E-state index is 6.46. The molecular formula is C20H24N2O2. The molecule has 4 heteroatoms. The summed E-state index contributed by atoms with van der Waals surface area (Å²) in [6, 6.07) is 13.2. The van der Waals surface area contributed by atoms with E-state index in [1.54, 1.807) is 0 Å². The van der Waals surface area contributed by atoms with Gasteiger partial charge in [-0.2, -0.15) is 5.10 Å². The molecule has 1 unspecified atom stereocenters. The first kappa shape index (κ1) is 14.7. The molecule has 5 rings (SSSR count). The third-order valence-electron chi connectivity index (χ3n) is 5.53. The molecule has 2 aliphatic carbocycles. The topological polar surface area (TPSA) is 36.3 Å². The molecule has 0 amide bonds. The van der Waals surface area contributed by atoms with Crippen molar-refractivity contribution in [3.63, 3.8) is 0 Å². The molecule has 4 nitrogen and oxygen atoms in total. The summed E-state index contributed by atoms with van der Waals surface area (Å²) in [4.78, 5) is 0. The molecule has 24 heavy (non-hydrogen) atoms. The summed E-state index contributed by atoms with van der Waals surface area (Å²) in [7, 11) is 0. The van der Waals surface area contributed by atoms with E-state index < -0.39 is 0 Å². The second-order valence-electron chi connectivity index (χ2n) is 7.39. The van der Waals surface area contributed by atoms with Crippen LogP contribution in [0.1, 0.15) is 62.8 Å². The van der Waals surface area contributed by atoms with Gasteiger partial charge in [0.2, 0.25) is 0 Å². The van der Waals surface area contributed by atoms with Crippen molar-refractivity contribution in [1.82, 2.24) is 9.78 Å². The highest BCUT2D eigenvalue weighted by Crippen LogP contribution is 2.45. The van der Waals surface area contributed by atoms with Gasteiger partial charge < -0.3 is 9.47 Å². The summed E-state index contributed by atoms with van der Waals surface area (Å²) >= 11 is 0. The van der Waals surface area contributed by atoms with Crippen LogP contribution in [0.15, 0.2) is 36.4 Å². The zero-order valence-corrected chi connectivity index (χ0v) is 14.0. The molecule has 126 valence electrons. The number of benzene rings is 1. The van der Waals surface area contributed by atoms with Crippen molar-refractivity contribution >= 4 is 0 Å². The molecule has 3 fully saturated rings. The molecule has 1 atom stereocenters. The van der Waals surface area contributed by atoms with Crippen LogP contribution >= 0.6 is 0 Å². The molecule has 1 aliphatic heterocycles. The van der Waals surface area contributed by atoms with E-state index in [0.29, 0.717) is 12.6 Å². The van der Waals surface area contributed by atoms with E-state index in [2.05, 4.69) is 35.0 Å². The van der Waals surface area contributed by atoms with Gasteiger partial charge in [-0.15, -0.1) is 0 Å². The summed E-state index contributed by atoms with van der Waals surface area (Å²) in [5.41, 5.74) is 3.41. The molecule has 0 N–H and O–H groups in total. The molecule has 1 aromatic heterocycles. The highest BCUT2D eigenvalue weighted by molar-refractivity contribution is 5.59. The molecule has 2 aromatic rings. The van der Waals surface area contributed by atoms with Crippen LogP contribution in [-0.2, 0) is 9.47 Å². The number of rotatable bonds is 3. The van der Waals surface area contributed by atoms with Gasteiger partial charge in [-0.05, 0) is 31.7 Å². The van der Waals surface area contributed by atoms with Crippen molar-refractivity contribution in [3.05, 3.63) is 42.1 Å². The Balaban J connectivity index is 1.46. The summed E-state index contributed by atoms with van der Waals surface area (Å²) in [6.07, 6.45) is 8.27. The highest BCUT2D eigenvalue weighted by atomic mass is 16.7. The number of nitrogens with zero attached hydrogens (tertiary/aromatic N) is 2. The molecule has 0 radical (unpaired) electrons. The average molecular weight is 324 g/mol. The number of ether oxygens (including phenoxy) is 2. The second kappa shape index (κ2) is 5.71. The number of aromatic nitrogens is 2. The van der Waals surface area contributed by atoms with Crippen LogP contribution in [0.5, 0.6) is 0 Å². The predicted octanol–water partition coefficient (Wildman–Crippen LogP) is 4.63. The standard InChI is InChI=1S/C20H24N2O2/c1-3-7-15(8-4-1)17-13-18(22(21-17)16-9-10-16)19-14-23-20(24-19)11-5-2-6-12-20/h1,3-4,7-8,13,16,19H,2,5-6,9-12,14H2. The van der Waals surface area contributed by atoms with Gasteiger partial charge in [-0.1, -0.05) is 36.8 Å². The third kappa shape index (κ3) is 2.58. The van der Waals surface area contributed by atoms with Crippen LogP contribution in [0.4, 0.5) is 0 Å². The largest absolute Gasteiger partial charge is 0.347 e. The predicted molar refractivity (Wildman–Crippen MR) is 91.5 cm³/mol. The molecule has 1 saturated heterocycles. The van der Waals surface area contributed by atoms with Crippen LogP contribution in [0.2, 0.25) is 0 Å². The van der Waals surface area contributed by atoms with Crippen LogP contribution in [-0.4, -0.2) is 22.2 Å². The van der Waals surface area contributed by atoms with Gasteiger partial charge in [0.05, 0.1) is 24.0 Å². The average Bonchev–Trinajstić information content (AvgIpc) is 3.26. The maximum atomic E-state index is 6.46. The Hall–Kier alpha value is -1.65. The minimum Gasteiger partial charge on any atom is -0.347 e. The van der Waals surface area contributed by atoms with E-state index in [1.165, 1.54) is 43.4 Å². The van der Waals surface area contributed by atoms with Crippen molar-refractivity contribution in [2.75, 3.05) is 6.61 Å². The Morgan fingerprint density at radius 1 is 1.04 bits per heavy atom. The summed E-state index contributed by atoms with van der Waals surface area (Å²) in [5, 5.41) is 4.90. The van der Waals surface area contributed by atoms with Crippen molar-refractivity contribution in [2.24, 2.45) is 0 Å². The Morgan fingerprint density at radius 3 is 2.58 bits per heavy atom. The van der Waals surface area contributed by atoms with Crippen LogP contribution in [0.25, 0.3) is 11.3 Å². The Bertz CT molecular complexity index is 714. The fraction of sp³-hybridized carbons (Fsp3) is 0.550. The quantitative estimate of drug-likeness (QED) is 0.825. The Labute approximate surface area is 142 Å². The van der Waals surface area contributed by atoms with E-state index in [4.69, 9.17) is 14.6 Å². The van der Waals surface area contributed by atoms with E-state index >= 15 is 0 Å². The van der Waals surface area contributed by atoms with Crippen molar-refractivity contribution < 1.29 is 9.47 Å². The van der Waals surface area contributed by atoms with Gasteiger partial charge in [0.25, 0.3) is 0 Å². The Morgan fingerprint density at radius 2 is 1.83 bits per heavy atom. The third-order valence-corrected chi connectivity index (χ3v) is 5.53. The summed E-state index contributed by atoms with van der Waals surface area (Å²) < 4.78 is 14.8. The SMILES string of the molecule is c1ccc(-c2cc(C3COC4(CCCCC4)O3)n(C3CC3)n2)cc1. The van der Waals surface area contributed by atoms with Crippen molar-refractivity contribution in [1.29, 1.82) is 0 Å². The van der Waals surface area contributed by atoms with Gasteiger partial charge >= 0.3 is 0 Å². The maximum Gasteiger partial charge on any atom is 0.169 e. The molecule has 3 aliphatic rings. The van der Waals surface area contributed by atoms with Gasteiger partial charge in [0, 0.05) is 18.4 Å². The van der Waals surface area contributed by atoms with Crippen LogP contribution < -0.4 is 0 Å². The van der Waals surface area contributed by atoms with Crippen LogP contribution in [0, 0.1) is 0 Å². The normalized spacial score (nSPS) is 26.1. The van der Waals surface area contributed by atoms with Gasteiger partial charge in [0.15, 0.2) is 5.79 Å². The van der Waals surface area contributed by atoms with Gasteiger partial charge in [0.1, 0.15) is 6.10 Å². The van der Waals surface area contributed by atoms with Gasteiger partial charge in [-0.3, -0.25) is 4.68 Å². The smallest absolute Gasteiger partial charge is 0.169 e. The first-order valence-corrected chi connectivity index (χ1v) is 9.30. The molecule has 2 heterocycles. The van der Waals surface area contributed by atoms with E-state index in [0.717, 1.165) is 18.5 Å². The lowest BCUT2D eigenvalue weighted by molar-refractivity contribution is -0.188. The van der Waals surface area contributed by atoms with Crippen molar-refractivity contribution in [2.45, 2.75) is 62.9 Å². The highest BCUT2D eigenvalue weighted by Gasteiger charge is 2.44. The Kier molecular flexibility index (Phi) is 3.49. The lowest BCUT2D eigenvalue weighted by Crippen LogP contribution is -2.32. The van der Waals surface area contributed by atoms with Gasteiger partial charge in [-0.25, -0.2) is 0 Å². The first-order chi connectivity index (χ1) is 11.8. The summed E-state index contributed by atoms with van der Waals surface area (Å²) in [5.74, 6) is -0.325. The van der Waals surface area contributed by atoms with Crippen molar-refractivity contribution in [3.8, 4) is 11.3 Å². The fourth-order valence-electron chi connectivity index (χ4n) is 4.06. The number of hydrogen-bond donors (Lipinski definition) is 0. The van der Waals surface area contributed by atoms with Crippen LogP contribution in [0.3, 0.4) is 0 Å². The minimum atomic E-state index is -0.325. The molecule has 0 bridgehead atoms. The van der Waals surface area contributed by atoms with E-state index in [-0.39, 0.29) is 11.9 Å². The molecular weight excluding hydrogens is 300 g/mol. The lowest BCUT2D eigenvalue weighted by Gasteiger charge is -2.31. The minimum absolute atomic E-state index is 0.0219. The monoisotopic (exact) mass is 324 g/mol. The second-order valence-corrected chi connectivity index (χ2v) is 7.39. The summed E-state index contributed by atoms with van der Waals surface area (Å²) in [6.45, 7) is 0.659. The lowest BCUT2D eigenvalue weighted by atomic mass is 9.94. The fourth-order valence-corrected chi connectivity index (χ4v) is 4.06. The molecule has 1 aromatic carbocycles. The zero-order chi connectivity index (χ0) is 16.0. The molecule has 2 saturated carbocycles. The molecule has 1 spiro atoms. The zero-order valence-electron chi connectivity index (χ0n) is 14.0. The number of hydrogen-bond acceptors (Lipinski definition) is 3. The first-order valence-electron chi connectivity index (χ1n) is 9.30. The van der Waals surface area contributed by atoms with E-state index in [1.807, 2.05) is 6.07 Å². The van der Waals surface area contributed by atoms with E-state index in [9.17, 15) is 0 Å².